The molecule has 0 aliphatic heterocycles. The molecule has 0 bridgehead atoms. The molecule has 0 fully saturated rings. The molecule has 2 aromatic rings. The third-order valence-electron chi connectivity index (χ3n) is 2.20. The quantitative estimate of drug-likeness (QED) is 0.860. The van der Waals surface area contributed by atoms with Gasteiger partial charge in [-0.05, 0) is 19.1 Å². The van der Waals surface area contributed by atoms with E-state index in [9.17, 15) is 0 Å². The SMILES string of the molecule is Cc1ccc(-c2cnc(CNC(C)C)o2)o1. The lowest BCUT2D eigenvalue weighted by atomic mass is 10.4. The lowest BCUT2D eigenvalue weighted by molar-refractivity contribution is 0.444. The van der Waals surface area contributed by atoms with E-state index in [1.807, 2.05) is 19.1 Å². The second-order valence-corrected chi connectivity index (χ2v) is 4.06. The number of furan rings is 1. The Morgan fingerprint density at radius 3 is 2.69 bits per heavy atom. The second kappa shape index (κ2) is 4.53. The van der Waals surface area contributed by atoms with Crippen LogP contribution in [0.3, 0.4) is 0 Å². The summed E-state index contributed by atoms with van der Waals surface area (Å²) in [6.45, 7) is 6.71. The summed E-state index contributed by atoms with van der Waals surface area (Å²) in [5.41, 5.74) is 0. The average Bonchev–Trinajstić information content (AvgIpc) is 2.83. The van der Waals surface area contributed by atoms with Gasteiger partial charge in [0.05, 0.1) is 12.7 Å². The lowest BCUT2D eigenvalue weighted by Gasteiger charge is -2.03. The molecule has 4 nitrogen and oxygen atoms in total. The van der Waals surface area contributed by atoms with Crippen molar-refractivity contribution in [2.75, 3.05) is 0 Å². The Bertz CT molecular complexity index is 457. The Morgan fingerprint density at radius 2 is 2.06 bits per heavy atom. The van der Waals surface area contributed by atoms with Crippen LogP contribution >= 0.6 is 0 Å². The molecule has 0 saturated heterocycles. The molecule has 0 saturated carbocycles. The third kappa shape index (κ3) is 2.52. The van der Waals surface area contributed by atoms with Gasteiger partial charge < -0.3 is 14.2 Å². The van der Waals surface area contributed by atoms with Crippen LogP contribution in [0.2, 0.25) is 0 Å². The predicted octanol–water partition coefficient (Wildman–Crippen LogP) is 2.74. The summed E-state index contributed by atoms with van der Waals surface area (Å²) in [7, 11) is 0. The van der Waals surface area contributed by atoms with Gasteiger partial charge in [0.25, 0.3) is 0 Å². The molecule has 2 heterocycles. The molecule has 86 valence electrons. The van der Waals surface area contributed by atoms with Crippen LogP contribution in [0.25, 0.3) is 11.5 Å². The largest absolute Gasteiger partial charge is 0.458 e. The highest BCUT2D eigenvalue weighted by Crippen LogP contribution is 2.22. The minimum atomic E-state index is 0.418. The first kappa shape index (κ1) is 11.0. The topological polar surface area (TPSA) is 51.2 Å². The molecule has 0 aliphatic carbocycles. The smallest absolute Gasteiger partial charge is 0.209 e. The van der Waals surface area contributed by atoms with Crippen molar-refractivity contribution in [2.24, 2.45) is 0 Å². The van der Waals surface area contributed by atoms with Crippen LogP contribution in [-0.2, 0) is 6.54 Å². The highest BCUT2D eigenvalue weighted by molar-refractivity contribution is 5.48. The van der Waals surface area contributed by atoms with Crippen molar-refractivity contribution in [3.63, 3.8) is 0 Å². The minimum absolute atomic E-state index is 0.418. The number of aromatic nitrogens is 1. The molecule has 0 amide bonds. The van der Waals surface area contributed by atoms with E-state index in [4.69, 9.17) is 8.83 Å². The van der Waals surface area contributed by atoms with Gasteiger partial charge in [-0.1, -0.05) is 13.8 Å². The van der Waals surface area contributed by atoms with Crippen molar-refractivity contribution >= 4 is 0 Å². The van der Waals surface area contributed by atoms with Crippen molar-refractivity contribution in [1.29, 1.82) is 0 Å². The average molecular weight is 220 g/mol. The van der Waals surface area contributed by atoms with Gasteiger partial charge in [0.15, 0.2) is 11.5 Å². The maximum Gasteiger partial charge on any atom is 0.209 e. The van der Waals surface area contributed by atoms with Gasteiger partial charge in [0, 0.05) is 6.04 Å². The van der Waals surface area contributed by atoms with Crippen molar-refractivity contribution in [2.45, 2.75) is 33.4 Å². The number of aryl methyl sites for hydroxylation is 1. The Labute approximate surface area is 94.7 Å². The van der Waals surface area contributed by atoms with Crippen molar-refractivity contribution in [3.8, 4) is 11.5 Å². The molecule has 16 heavy (non-hydrogen) atoms. The van der Waals surface area contributed by atoms with Gasteiger partial charge in [0.1, 0.15) is 5.76 Å². The van der Waals surface area contributed by atoms with E-state index in [1.54, 1.807) is 6.20 Å². The predicted molar refractivity (Wildman–Crippen MR) is 60.9 cm³/mol. The molecule has 2 aromatic heterocycles. The summed E-state index contributed by atoms with van der Waals surface area (Å²) >= 11 is 0. The molecule has 0 aliphatic rings. The van der Waals surface area contributed by atoms with E-state index in [1.165, 1.54) is 0 Å². The summed E-state index contributed by atoms with van der Waals surface area (Å²) in [5.74, 6) is 2.94. The van der Waals surface area contributed by atoms with E-state index in [-0.39, 0.29) is 0 Å². The highest BCUT2D eigenvalue weighted by atomic mass is 16.4. The van der Waals surface area contributed by atoms with Crippen LogP contribution in [0.15, 0.2) is 27.2 Å². The first-order valence-corrected chi connectivity index (χ1v) is 5.40. The maximum absolute atomic E-state index is 5.57. The van der Waals surface area contributed by atoms with Gasteiger partial charge in [-0.3, -0.25) is 0 Å². The Morgan fingerprint density at radius 1 is 1.25 bits per heavy atom. The van der Waals surface area contributed by atoms with Gasteiger partial charge in [-0.15, -0.1) is 0 Å². The highest BCUT2D eigenvalue weighted by Gasteiger charge is 2.09. The molecule has 0 aromatic carbocycles. The zero-order valence-electron chi connectivity index (χ0n) is 9.78. The molecule has 0 spiro atoms. The number of hydrogen-bond donors (Lipinski definition) is 1. The summed E-state index contributed by atoms with van der Waals surface area (Å²) in [5, 5.41) is 3.24. The summed E-state index contributed by atoms with van der Waals surface area (Å²) in [6.07, 6.45) is 1.69. The van der Waals surface area contributed by atoms with Crippen molar-refractivity contribution in [3.05, 3.63) is 30.0 Å². The van der Waals surface area contributed by atoms with Crippen molar-refractivity contribution in [1.82, 2.24) is 10.3 Å². The van der Waals surface area contributed by atoms with Gasteiger partial charge in [-0.25, -0.2) is 4.98 Å². The van der Waals surface area contributed by atoms with E-state index < -0.39 is 0 Å². The Hall–Kier alpha value is -1.55. The number of rotatable bonds is 4. The normalized spacial score (nSPS) is 11.2. The first-order chi connectivity index (χ1) is 7.65. The fraction of sp³-hybridized carbons (Fsp3) is 0.417. The Kier molecular flexibility index (Phi) is 3.10. The summed E-state index contributed by atoms with van der Waals surface area (Å²) in [6, 6.07) is 4.21. The second-order valence-electron chi connectivity index (χ2n) is 4.06. The molecule has 4 heteroatoms. The molecule has 0 radical (unpaired) electrons. The van der Waals surface area contributed by atoms with E-state index in [0.717, 1.165) is 11.5 Å². The van der Waals surface area contributed by atoms with Gasteiger partial charge >= 0.3 is 0 Å². The van der Waals surface area contributed by atoms with E-state index >= 15 is 0 Å². The van der Waals surface area contributed by atoms with Crippen LogP contribution in [0.5, 0.6) is 0 Å². The van der Waals surface area contributed by atoms with Crippen molar-refractivity contribution < 1.29 is 8.83 Å². The first-order valence-electron chi connectivity index (χ1n) is 5.40. The van der Waals surface area contributed by atoms with Gasteiger partial charge in [0.2, 0.25) is 5.89 Å². The fourth-order valence-corrected chi connectivity index (χ4v) is 1.36. The fourth-order valence-electron chi connectivity index (χ4n) is 1.36. The molecule has 1 N–H and O–H groups in total. The van der Waals surface area contributed by atoms with Crippen LogP contribution < -0.4 is 5.32 Å². The number of hydrogen-bond acceptors (Lipinski definition) is 4. The van der Waals surface area contributed by atoms with E-state index in [2.05, 4.69) is 24.1 Å². The molecular weight excluding hydrogens is 204 g/mol. The monoisotopic (exact) mass is 220 g/mol. The third-order valence-corrected chi connectivity index (χ3v) is 2.20. The molecule has 0 atom stereocenters. The van der Waals surface area contributed by atoms with Crippen LogP contribution in [-0.4, -0.2) is 11.0 Å². The summed E-state index contributed by atoms with van der Waals surface area (Å²) < 4.78 is 11.0. The minimum Gasteiger partial charge on any atom is -0.458 e. The van der Waals surface area contributed by atoms with Crippen LogP contribution in [0.4, 0.5) is 0 Å². The molecular formula is C12H16N2O2. The zero-order valence-corrected chi connectivity index (χ0v) is 9.78. The molecule has 0 unspecified atom stereocenters. The molecule has 2 rings (SSSR count). The zero-order chi connectivity index (χ0) is 11.5. The van der Waals surface area contributed by atoms with Crippen LogP contribution in [0.1, 0.15) is 25.5 Å². The summed E-state index contributed by atoms with van der Waals surface area (Å²) in [4.78, 5) is 4.18. The Balaban J connectivity index is 2.07. The number of oxazole rings is 1. The maximum atomic E-state index is 5.57. The standard InChI is InChI=1S/C12H16N2O2/c1-8(2)13-7-12-14-6-11(16-12)10-5-4-9(3)15-10/h4-6,8,13H,7H2,1-3H3. The lowest BCUT2D eigenvalue weighted by Crippen LogP contribution is -2.21. The van der Waals surface area contributed by atoms with Gasteiger partial charge in [-0.2, -0.15) is 0 Å². The van der Waals surface area contributed by atoms with E-state index in [0.29, 0.717) is 24.2 Å². The number of nitrogens with zero attached hydrogens (tertiary/aromatic N) is 1. The number of nitrogens with one attached hydrogen (secondary N) is 1. The van der Waals surface area contributed by atoms with Crippen LogP contribution in [0, 0.1) is 6.92 Å².